The van der Waals surface area contributed by atoms with Crippen LogP contribution in [0.3, 0.4) is 0 Å². The molecular formula is C16H16O2. The van der Waals surface area contributed by atoms with E-state index in [2.05, 4.69) is 6.58 Å². The van der Waals surface area contributed by atoms with Crippen molar-refractivity contribution < 1.29 is 9.53 Å². The summed E-state index contributed by atoms with van der Waals surface area (Å²) >= 11 is 0. The predicted molar refractivity (Wildman–Crippen MR) is 70.7 cm³/mol. The zero-order chi connectivity index (χ0) is 12.8. The molecule has 0 aromatic heterocycles. The van der Waals surface area contributed by atoms with E-state index in [0.717, 1.165) is 11.1 Å². The summed E-state index contributed by atoms with van der Waals surface area (Å²) < 4.78 is 5.16. The Morgan fingerprint density at radius 1 is 1.44 bits per heavy atom. The number of hydrogen-bond donors (Lipinski definition) is 0. The maximum Gasteiger partial charge on any atom is 0.317 e. The van der Waals surface area contributed by atoms with Crippen LogP contribution >= 0.6 is 0 Å². The number of carbonyl (C=O) groups is 1. The molecule has 1 heterocycles. The third-order valence-corrected chi connectivity index (χ3v) is 4.05. The number of esters is 1. The van der Waals surface area contributed by atoms with Crippen molar-refractivity contribution in [1.29, 1.82) is 0 Å². The first-order chi connectivity index (χ1) is 8.66. The van der Waals surface area contributed by atoms with E-state index in [-0.39, 0.29) is 11.9 Å². The highest BCUT2D eigenvalue weighted by Gasteiger charge is 2.73. The van der Waals surface area contributed by atoms with Gasteiger partial charge in [-0.25, -0.2) is 0 Å². The van der Waals surface area contributed by atoms with Crippen molar-refractivity contribution in [2.24, 2.45) is 17.3 Å². The monoisotopic (exact) mass is 240 g/mol. The van der Waals surface area contributed by atoms with E-state index in [9.17, 15) is 4.79 Å². The first-order valence-corrected chi connectivity index (χ1v) is 6.23. The van der Waals surface area contributed by atoms with Gasteiger partial charge >= 0.3 is 5.97 Å². The van der Waals surface area contributed by atoms with E-state index in [1.807, 2.05) is 49.4 Å². The molecule has 2 heteroatoms. The topological polar surface area (TPSA) is 26.3 Å². The third kappa shape index (κ3) is 1.45. The Hall–Kier alpha value is -1.83. The van der Waals surface area contributed by atoms with Crippen molar-refractivity contribution >= 4 is 12.0 Å². The fourth-order valence-electron chi connectivity index (χ4n) is 3.13. The Morgan fingerprint density at radius 3 is 2.78 bits per heavy atom. The normalized spacial score (nSPS) is 33.3. The van der Waals surface area contributed by atoms with E-state index in [4.69, 9.17) is 4.74 Å². The van der Waals surface area contributed by atoms with Crippen molar-refractivity contribution in [2.45, 2.75) is 6.92 Å². The molecule has 3 atom stereocenters. The lowest BCUT2D eigenvalue weighted by Gasteiger charge is -2.09. The number of hydrogen-bond acceptors (Lipinski definition) is 2. The van der Waals surface area contributed by atoms with E-state index >= 15 is 0 Å². The molecule has 1 aromatic rings. The molecule has 1 saturated heterocycles. The van der Waals surface area contributed by atoms with Gasteiger partial charge in [-0.3, -0.25) is 4.79 Å². The van der Waals surface area contributed by atoms with E-state index in [1.54, 1.807) is 0 Å². The van der Waals surface area contributed by atoms with Gasteiger partial charge in [0, 0.05) is 11.8 Å². The molecule has 2 fully saturated rings. The van der Waals surface area contributed by atoms with Crippen LogP contribution in [-0.4, -0.2) is 12.6 Å². The Balaban J connectivity index is 1.89. The van der Waals surface area contributed by atoms with E-state index in [0.29, 0.717) is 12.5 Å². The van der Waals surface area contributed by atoms with Gasteiger partial charge in [-0.05, 0) is 12.5 Å². The number of allylic oxidation sites excluding steroid dienone is 1. The number of benzene rings is 1. The fourth-order valence-corrected chi connectivity index (χ4v) is 3.13. The smallest absolute Gasteiger partial charge is 0.317 e. The van der Waals surface area contributed by atoms with Crippen LogP contribution in [0.2, 0.25) is 0 Å². The number of carbonyl (C=O) groups excluding carboxylic acids is 1. The summed E-state index contributed by atoms with van der Waals surface area (Å²) in [5.41, 5.74) is 1.76. The second-order valence-corrected chi connectivity index (χ2v) is 5.21. The van der Waals surface area contributed by atoms with Crippen LogP contribution < -0.4 is 0 Å². The Labute approximate surface area is 107 Å². The molecule has 3 rings (SSSR count). The molecule has 1 aliphatic heterocycles. The molecular weight excluding hydrogens is 224 g/mol. The van der Waals surface area contributed by atoms with Crippen LogP contribution in [0.25, 0.3) is 6.08 Å². The molecule has 1 saturated carbocycles. The maximum atomic E-state index is 12.0. The number of fused-ring (bicyclic) bond motifs is 1. The molecule has 0 N–H and O–H groups in total. The van der Waals surface area contributed by atoms with Crippen LogP contribution in [-0.2, 0) is 9.53 Å². The van der Waals surface area contributed by atoms with Gasteiger partial charge in [0.05, 0.1) is 12.0 Å². The van der Waals surface area contributed by atoms with Crippen molar-refractivity contribution in [3.8, 4) is 0 Å². The van der Waals surface area contributed by atoms with Crippen LogP contribution in [0.4, 0.5) is 0 Å². The molecule has 92 valence electrons. The summed E-state index contributed by atoms with van der Waals surface area (Å²) in [5.74, 6) is 0.467. The Bertz CT molecular complexity index is 529. The molecule has 0 unspecified atom stereocenters. The minimum atomic E-state index is -0.429. The lowest BCUT2D eigenvalue weighted by Crippen LogP contribution is -2.15. The number of ether oxygens (including phenoxy) is 1. The molecule has 0 amide bonds. The first kappa shape index (κ1) is 11.3. The van der Waals surface area contributed by atoms with Crippen molar-refractivity contribution in [3.05, 3.63) is 54.1 Å². The third-order valence-electron chi connectivity index (χ3n) is 4.05. The van der Waals surface area contributed by atoms with Gasteiger partial charge < -0.3 is 4.74 Å². The Kier molecular flexibility index (Phi) is 2.40. The highest BCUT2D eigenvalue weighted by molar-refractivity contribution is 5.88. The predicted octanol–water partition coefficient (Wildman–Crippen LogP) is 3.07. The molecule has 2 nitrogen and oxygen atoms in total. The van der Waals surface area contributed by atoms with Crippen LogP contribution in [0.15, 0.2) is 48.6 Å². The van der Waals surface area contributed by atoms with Gasteiger partial charge in [-0.2, -0.15) is 0 Å². The standard InChI is InChI=1S/C16H16O2/c1-11(2)14-13-10-18-15(17)16(13,14)9-8-12-6-4-3-5-7-12/h3-9,13-14H,1,10H2,2H3/b9-8+/t13-,14+,16+/m1/s1. The summed E-state index contributed by atoms with van der Waals surface area (Å²) in [5, 5.41) is 0. The summed E-state index contributed by atoms with van der Waals surface area (Å²) in [7, 11) is 0. The summed E-state index contributed by atoms with van der Waals surface area (Å²) in [6.45, 7) is 6.52. The SMILES string of the molecule is C=C(C)[C@H]1[C@H]2COC(=O)[C@@]21/C=C/c1ccccc1. The highest BCUT2D eigenvalue weighted by atomic mass is 16.5. The molecule has 0 bridgehead atoms. The zero-order valence-electron chi connectivity index (χ0n) is 10.4. The van der Waals surface area contributed by atoms with Gasteiger partial charge in [0.15, 0.2) is 0 Å². The van der Waals surface area contributed by atoms with Crippen molar-refractivity contribution in [3.63, 3.8) is 0 Å². The summed E-state index contributed by atoms with van der Waals surface area (Å²) in [4.78, 5) is 12.0. The molecule has 1 aliphatic carbocycles. The largest absolute Gasteiger partial charge is 0.465 e. The van der Waals surface area contributed by atoms with Gasteiger partial charge in [0.2, 0.25) is 0 Å². The van der Waals surface area contributed by atoms with Gasteiger partial charge in [0.25, 0.3) is 0 Å². The minimum absolute atomic E-state index is 0.0901. The lowest BCUT2D eigenvalue weighted by atomic mass is 9.99. The molecule has 18 heavy (non-hydrogen) atoms. The Morgan fingerprint density at radius 2 is 2.17 bits per heavy atom. The first-order valence-electron chi connectivity index (χ1n) is 6.23. The van der Waals surface area contributed by atoms with Crippen LogP contribution in [0.5, 0.6) is 0 Å². The van der Waals surface area contributed by atoms with Gasteiger partial charge in [0.1, 0.15) is 0 Å². The average molecular weight is 240 g/mol. The quantitative estimate of drug-likeness (QED) is 0.599. The molecule has 2 aliphatic rings. The minimum Gasteiger partial charge on any atom is -0.465 e. The van der Waals surface area contributed by atoms with Crippen LogP contribution in [0, 0.1) is 17.3 Å². The van der Waals surface area contributed by atoms with Gasteiger partial charge in [-0.1, -0.05) is 54.6 Å². The summed E-state index contributed by atoms with van der Waals surface area (Å²) in [6, 6.07) is 10.0. The zero-order valence-corrected chi connectivity index (χ0v) is 10.4. The fraction of sp³-hybridized carbons (Fsp3) is 0.312. The van der Waals surface area contributed by atoms with Gasteiger partial charge in [-0.15, -0.1) is 0 Å². The van der Waals surface area contributed by atoms with E-state index in [1.165, 1.54) is 0 Å². The van der Waals surface area contributed by atoms with E-state index < -0.39 is 5.41 Å². The number of cyclic esters (lactones) is 1. The summed E-state index contributed by atoms with van der Waals surface area (Å²) in [6.07, 6.45) is 4.03. The van der Waals surface area contributed by atoms with Crippen molar-refractivity contribution in [2.75, 3.05) is 6.61 Å². The second kappa shape index (κ2) is 3.84. The molecule has 0 radical (unpaired) electrons. The highest BCUT2D eigenvalue weighted by Crippen LogP contribution is 2.66. The number of rotatable bonds is 3. The lowest BCUT2D eigenvalue weighted by molar-refractivity contribution is -0.144. The van der Waals surface area contributed by atoms with Crippen molar-refractivity contribution in [1.82, 2.24) is 0 Å². The molecule has 0 spiro atoms. The average Bonchev–Trinajstić information content (AvgIpc) is 2.94. The van der Waals surface area contributed by atoms with Crippen LogP contribution in [0.1, 0.15) is 12.5 Å². The molecule has 1 aromatic carbocycles. The maximum absolute atomic E-state index is 12.0. The second-order valence-electron chi connectivity index (χ2n) is 5.21.